The van der Waals surface area contributed by atoms with E-state index >= 15 is 0 Å². The number of carbonyl (C=O) groups excluding carboxylic acids is 2. The van der Waals surface area contributed by atoms with Crippen LogP contribution in [0.15, 0.2) is 24.3 Å². The first-order valence-electron chi connectivity index (χ1n) is 7.77. The fourth-order valence-corrected chi connectivity index (χ4v) is 4.37. The topological polar surface area (TPSA) is 98.8 Å². The average Bonchev–Trinajstić information content (AvgIpc) is 2.86. The highest BCUT2D eigenvalue weighted by Gasteiger charge is 2.30. The minimum absolute atomic E-state index is 0.00995. The maximum atomic E-state index is 11.9. The van der Waals surface area contributed by atoms with Crippen molar-refractivity contribution in [2.75, 3.05) is 30.0 Å². The summed E-state index contributed by atoms with van der Waals surface area (Å²) < 4.78 is 33.0. The number of rotatable bonds is 7. The van der Waals surface area contributed by atoms with Crippen molar-refractivity contribution in [2.45, 2.75) is 19.8 Å². The molecule has 1 aliphatic heterocycles. The normalized spacial score (nSPS) is 18.8. The second kappa shape index (κ2) is 8.14. The zero-order chi connectivity index (χ0) is 17.6. The van der Waals surface area contributed by atoms with Crippen LogP contribution in [0.3, 0.4) is 0 Å². The standard InChI is InChI=1S/C16H21NO6S/c1-2-22-14-6-4-3-5-13(14)17-15(18)10-23-16(19)9-12-7-8-24(20,21)11-12/h3-6,12H,2,7-11H2,1H3,(H,17,18)/t12-/m1/s1. The highest BCUT2D eigenvalue weighted by atomic mass is 32.2. The summed E-state index contributed by atoms with van der Waals surface area (Å²) in [5, 5.41) is 2.62. The zero-order valence-electron chi connectivity index (χ0n) is 13.5. The van der Waals surface area contributed by atoms with Crippen molar-refractivity contribution in [1.82, 2.24) is 0 Å². The van der Waals surface area contributed by atoms with Crippen LogP contribution < -0.4 is 10.1 Å². The maximum absolute atomic E-state index is 11.9. The molecular formula is C16H21NO6S. The van der Waals surface area contributed by atoms with Crippen molar-refractivity contribution in [2.24, 2.45) is 5.92 Å². The summed E-state index contributed by atoms with van der Waals surface area (Å²) in [6.07, 6.45) is 0.480. The van der Waals surface area contributed by atoms with Crippen LogP contribution in [0.25, 0.3) is 0 Å². The monoisotopic (exact) mass is 355 g/mol. The zero-order valence-corrected chi connectivity index (χ0v) is 14.3. The molecule has 1 N–H and O–H groups in total. The Hall–Kier alpha value is -2.09. The average molecular weight is 355 g/mol. The van der Waals surface area contributed by atoms with E-state index in [9.17, 15) is 18.0 Å². The number of para-hydroxylation sites is 2. The number of sulfone groups is 1. The third-order valence-corrected chi connectivity index (χ3v) is 5.44. The molecular weight excluding hydrogens is 334 g/mol. The SMILES string of the molecule is CCOc1ccccc1NC(=O)COC(=O)C[C@H]1CCS(=O)(=O)C1. The largest absolute Gasteiger partial charge is 0.492 e. The summed E-state index contributed by atoms with van der Waals surface area (Å²) in [4.78, 5) is 23.6. The van der Waals surface area contributed by atoms with Crippen LogP contribution in [0, 0.1) is 5.92 Å². The first-order valence-corrected chi connectivity index (χ1v) is 9.59. The minimum Gasteiger partial charge on any atom is -0.492 e. The molecule has 24 heavy (non-hydrogen) atoms. The lowest BCUT2D eigenvalue weighted by Gasteiger charge is -2.12. The number of amides is 1. The molecule has 0 radical (unpaired) electrons. The lowest BCUT2D eigenvalue weighted by molar-refractivity contribution is -0.148. The van der Waals surface area contributed by atoms with Crippen molar-refractivity contribution in [3.05, 3.63) is 24.3 Å². The molecule has 0 bridgehead atoms. The Balaban J connectivity index is 1.78. The third kappa shape index (κ3) is 5.52. The van der Waals surface area contributed by atoms with E-state index in [-0.39, 0.29) is 23.8 Å². The Morgan fingerprint density at radius 2 is 2.04 bits per heavy atom. The molecule has 7 nitrogen and oxygen atoms in total. The van der Waals surface area contributed by atoms with Gasteiger partial charge in [-0.1, -0.05) is 12.1 Å². The van der Waals surface area contributed by atoms with Gasteiger partial charge in [0.15, 0.2) is 16.4 Å². The first kappa shape index (κ1) is 18.3. The molecule has 0 unspecified atom stereocenters. The van der Waals surface area contributed by atoms with Gasteiger partial charge in [-0.25, -0.2) is 8.42 Å². The molecule has 1 amide bonds. The van der Waals surface area contributed by atoms with Gasteiger partial charge in [0, 0.05) is 6.42 Å². The molecule has 1 atom stereocenters. The van der Waals surface area contributed by atoms with Crippen LogP contribution in [0.4, 0.5) is 5.69 Å². The molecule has 0 spiro atoms. The van der Waals surface area contributed by atoms with Crippen molar-refractivity contribution in [3.8, 4) is 5.75 Å². The highest BCUT2D eigenvalue weighted by Crippen LogP contribution is 2.24. The fraction of sp³-hybridized carbons (Fsp3) is 0.500. The summed E-state index contributed by atoms with van der Waals surface area (Å²) in [5.74, 6) is -0.602. The molecule has 0 aliphatic carbocycles. The van der Waals surface area contributed by atoms with E-state index < -0.39 is 28.3 Å². The highest BCUT2D eigenvalue weighted by molar-refractivity contribution is 7.91. The predicted octanol–water partition coefficient (Wildman–Crippen LogP) is 1.39. The summed E-state index contributed by atoms with van der Waals surface area (Å²) in [6.45, 7) is 1.88. The minimum atomic E-state index is -3.02. The van der Waals surface area contributed by atoms with Gasteiger partial charge in [-0.05, 0) is 31.4 Å². The summed E-state index contributed by atoms with van der Waals surface area (Å²) >= 11 is 0. The maximum Gasteiger partial charge on any atom is 0.306 e. The molecule has 1 saturated heterocycles. The molecule has 0 aromatic heterocycles. The Labute approximate surface area is 141 Å². The summed E-state index contributed by atoms with van der Waals surface area (Å²) in [7, 11) is -3.02. The third-order valence-electron chi connectivity index (χ3n) is 3.61. The molecule has 0 saturated carbocycles. The number of benzene rings is 1. The second-order valence-electron chi connectivity index (χ2n) is 5.61. The van der Waals surface area contributed by atoms with Gasteiger partial charge in [-0.15, -0.1) is 0 Å². The van der Waals surface area contributed by atoms with E-state index in [0.29, 0.717) is 24.5 Å². The van der Waals surface area contributed by atoms with E-state index in [2.05, 4.69) is 5.32 Å². The lowest BCUT2D eigenvalue weighted by Crippen LogP contribution is -2.22. The van der Waals surface area contributed by atoms with Gasteiger partial charge in [-0.3, -0.25) is 9.59 Å². The van der Waals surface area contributed by atoms with Crippen LogP contribution in [0.5, 0.6) is 5.75 Å². The van der Waals surface area contributed by atoms with E-state index in [4.69, 9.17) is 9.47 Å². The quantitative estimate of drug-likeness (QED) is 0.742. The second-order valence-corrected chi connectivity index (χ2v) is 7.84. The number of hydrogen-bond donors (Lipinski definition) is 1. The summed E-state index contributed by atoms with van der Waals surface area (Å²) in [5.41, 5.74) is 0.502. The smallest absolute Gasteiger partial charge is 0.306 e. The molecule has 1 heterocycles. The van der Waals surface area contributed by atoms with Gasteiger partial charge in [0.2, 0.25) is 0 Å². The molecule has 1 aliphatic rings. The molecule has 1 fully saturated rings. The van der Waals surface area contributed by atoms with E-state index in [1.54, 1.807) is 24.3 Å². The van der Waals surface area contributed by atoms with Crippen LogP contribution in [0.1, 0.15) is 19.8 Å². The van der Waals surface area contributed by atoms with Gasteiger partial charge < -0.3 is 14.8 Å². The number of ether oxygens (including phenoxy) is 2. The van der Waals surface area contributed by atoms with E-state index in [1.807, 2.05) is 6.92 Å². The van der Waals surface area contributed by atoms with Crippen LogP contribution in [0.2, 0.25) is 0 Å². The van der Waals surface area contributed by atoms with Gasteiger partial charge in [-0.2, -0.15) is 0 Å². The fourth-order valence-electron chi connectivity index (χ4n) is 2.51. The Bertz CT molecular complexity index is 700. The first-order chi connectivity index (χ1) is 11.4. The Morgan fingerprint density at radius 3 is 2.71 bits per heavy atom. The number of hydrogen-bond acceptors (Lipinski definition) is 6. The van der Waals surface area contributed by atoms with Gasteiger partial charge in [0.05, 0.1) is 23.8 Å². The van der Waals surface area contributed by atoms with E-state index in [1.165, 1.54) is 0 Å². The Morgan fingerprint density at radius 1 is 1.29 bits per heavy atom. The number of carbonyl (C=O) groups is 2. The molecule has 8 heteroatoms. The number of anilines is 1. The van der Waals surface area contributed by atoms with Gasteiger partial charge in [0.1, 0.15) is 5.75 Å². The van der Waals surface area contributed by atoms with E-state index in [0.717, 1.165) is 0 Å². The van der Waals surface area contributed by atoms with Crippen molar-refractivity contribution < 1.29 is 27.5 Å². The van der Waals surface area contributed by atoms with Crippen LogP contribution >= 0.6 is 0 Å². The summed E-state index contributed by atoms with van der Waals surface area (Å²) in [6, 6.07) is 6.96. The molecule has 1 aromatic rings. The molecule has 1 aromatic carbocycles. The van der Waals surface area contributed by atoms with Crippen molar-refractivity contribution in [3.63, 3.8) is 0 Å². The predicted molar refractivity (Wildman–Crippen MR) is 88.6 cm³/mol. The Kier molecular flexibility index (Phi) is 6.19. The number of esters is 1. The van der Waals surface area contributed by atoms with Crippen molar-refractivity contribution in [1.29, 1.82) is 0 Å². The number of nitrogens with one attached hydrogen (secondary N) is 1. The van der Waals surface area contributed by atoms with Gasteiger partial charge in [0.25, 0.3) is 5.91 Å². The van der Waals surface area contributed by atoms with Crippen molar-refractivity contribution >= 4 is 27.4 Å². The van der Waals surface area contributed by atoms with Crippen LogP contribution in [-0.4, -0.2) is 45.0 Å². The molecule has 132 valence electrons. The lowest BCUT2D eigenvalue weighted by atomic mass is 10.1. The molecule has 2 rings (SSSR count). The van der Waals surface area contributed by atoms with Gasteiger partial charge >= 0.3 is 5.97 Å². The van der Waals surface area contributed by atoms with Crippen LogP contribution in [-0.2, 0) is 24.2 Å².